The van der Waals surface area contributed by atoms with Gasteiger partial charge < -0.3 is 24.3 Å². The van der Waals surface area contributed by atoms with Gasteiger partial charge in [0.1, 0.15) is 29.7 Å². The third-order valence-electron chi connectivity index (χ3n) is 5.80. The number of para-hydroxylation sites is 1. The minimum absolute atomic E-state index is 0.0645. The van der Waals surface area contributed by atoms with Crippen molar-refractivity contribution >= 4 is 53.1 Å². The SMILES string of the molecule is CCOCc1nc2c(N)nc3ccccc3c2n1CCO[P@](=O)(N[C@@H](C)C(=O)OC(C)C)Oc1ccc(Cl)cc1. The molecule has 0 amide bonds. The second-order valence-electron chi connectivity index (χ2n) is 9.24. The van der Waals surface area contributed by atoms with Crippen LogP contribution in [0.1, 0.15) is 33.5 Å². The van der Waals surface area contributed by atoms with E-state index in [-0.39, 0.29) is 31.6 Å². The molecule has 4 aromatic rings. The molecule has 13 heteroatoms. The minimum atomic E-state index is -4.08. The number of nitrogens with two attached hydrogens (primary N) is 1. The lowest BCUT2D eigenvalue weighted by molar-refractivity contribution is -0.149. The van der Waals surface area contributed by atoms with E-state index >= 15 is 0 Å². The molecule has 2 heterocycles. The summed E-state index contributed by atoms with van der Waals surface area (Å²) in [5, 5.41) is 4.03. The van der Waals surface area contributed by atoms with Crippen LogP contribution in [0.3, 0.4) is 0 Å². The van der Waals surface area contributed by atoms with Crippen molar-refractivity contribution < 1.29 is 27.9 Å². The molecule has 0 radical (unpaired) electrons. The Kier molecular flexibility index (Phi) is 9.65. The Balaban J connectivity index is 1.63. The molecule has 0 aliphatic carbocycles. The highest BCUT2D eigenvalue weighted by Gasteiger charge is 2.33. The number of benzene rings is 2. The lowest BCUT2D eigenvalue weighted by Crippen LogP contribution is -2.36. The topological polar surface area (TPSA) is 140 Å². The average Bonchev–Trinajstić information content (AvgIpc) is 3.27. The quantitative estimate of drug-likeness (QED) is 0.152. The van der Waals surface area contributed by atoms with Gasteiger partial charge in [-0.25, -0.2) is 14.5 Å². The Hall–Kier alpha value is -3.21. The Labute approximate surface area is 237 Å². The maximum Gasteiger partial charge on any atom is 0.459 e. The van der Waals surface area contributed by atoms with Crippen molar-refractivity contribution in [2.75, 3.05) is 18.9 Å². The van der Waals surface area contributed by atoms with Crippen LogP contribution >= 0.6 is 19.3 Å². The fourth-order valence-corrected chi connectivity index (χ4v) is 5.66. The van der Waals surface area contributed by atoms with Crippen LogP contribution < -0.4 is 15.3 Å². The van der Waals surface area contributed by atoms with Crippen LogP contribution in [0, 0.1) is 0 Å². The van der Waals surface area contributed by atoms with Crippen molar-refractivity contribution in [2.45, 2.75) is 53.0 Å². The maximum atomic E-state index is 13.9. The van der Waals surface area contributed by atoms with Crippen LogP contribution in [0.25, 0.3) is 21.9 Å². The van der Waals surface area contributed by atoms with E-state index in [0.29, 0.717) is 34.3 Å². The van der Waals surface area contributed by atoms with Crippen molar-refractivity contribution in [1.29, 1.82) is 0 Å². The van der Waals surface area contributed by atoms with Crippen LogP contribution in [0.5, 0.6) is 5.75 Å². The van der Waals surface area contributed by atoms with Crippen molar-refractivity contribution in [3.05, 3.63) is 59.4 Å². The highest BCUT2D eigenvalue weighted by Crippen LogP contribution is 2.45. The van der Waals surface area contributed by atoms with Gasteiger partial charge in [0, 0.05) is 23.6 Å². The van der Waals surface area contributed by atoms with E-state index < -0.39 is 19.8 Å². The predicted octanol–water partition coefficient (Wildman–Crippen LogP) is 5.49. The Morgan fingerprint density at radius 3 is 2.55 bits per heavy atom. The molecular formula is C27H33ClN5O6P. The molecule has 0 unspecified atom stereocenters. The van der Waals surface area contributed by atoms with E-state index in [0.717, 1.165) is 10.9 Å². The normalized spacial score (nSPS) is 13.9. The molecule has 11 nitrogen and oxygen atoms in total. The van der Waals surface area contributed by atoms with E-state index in [9.17, 15) is 9.36 Å². The van der Waals surface area contributed by atoms with Gasteiger partial charge in [0.05, 0.1) is 23.7 Å². The summed E-state index contributed by atoms with van der Waals surface area (Å²) in [7, 11) is -4.08. The summed E-state index contributed by atoms with van der Waals surface area (Å²) in [6.07, 6.45) is -0.343. The fourth-order valence-electron chi connectivity index (χ4n) is 4.05. The molecule has 0 bridgehead atoms. The molecule has 214 valence electrons. The third kappa shape index (κ3) is 7.10. The zero-order valence-corrected chi connectivity index (χ0v) is 24.4. The number of rotatable bonds is 13. The number of aromatic nitrogens is 3. The number of nitrogens with one attached hydrogen (secondary N) is 1. The minimum Gasteiger partial charge on any atom is -0.462 e. The van der Waals surface area contributed by atoms with Gasteiger partial charge in [0.2, 0.25) is 0 Å². The maximum absolute atomic E-state index is 13.9. The van der Waals surface area contributed by atoms with Gasteiger partial charge in [0.15, 0.2) is 5.82 Å². The number of fused-ring (bicyclic) bond motifs is 3. The number of carbonyl (C=O) groups is 1. The number of anilines is 1. The largest absolute Gasteiger partial charge is 0.462 e. The lowest BCUT2D eigenvalue weighted by Gasteiger charge is -2.23. The second kappa shape index (κ2) is 13.0. The number of carbonyl (C=O) groups excluding carboxylic acids is 1. The summed E-state index contributed by atoms with van der Waals surface area (Å²) in [6.45, 7) is 7.76. The summed E-state index contributed by atoms with van der Waals surface area (Å²) in [5.41, 5.74) is 8.27. The molecule has 0 saturated heterocycles. The Morgan fingerprint density at radius 1 is 1.12 bits per heavy atom. The van der Waals surface area contributed by atoms with Gasteiger partial charge in [-0.3, -0.25) is 9.32 Å². The first-order valence-electron chi connectivity index (χ1n) is 12.9. The van der Waals surface area contributed by atoms with Gasteiger partial charge in [-0.1, -0.05) is 29.8 Å². The van der Waals surface area contributed by atoms with Crippen molar-refractivity contribution in [1.82, 2.24) is 19.6 Å². The molecule has 0 saturated carbocycles. The highest BCUT2D eigenvalue weighted by atomic mass is 35.5. The monoisotopic (exact) mass is 589 g/mol. The number of nitrogens with zero attached hydrogens (tertiary/aromatic N) is 3. The molecule has 0 aliphatic heterocycles. The number of hydrogen-bond acceptors (Lipinski definition) is 9. The number of nitrogen functional groups attached to an aromatic ring is 1. The number of pyridine rings is 1. The van der Waals surface area contributed by atoms with E-state index in [4.69, 9.17) is 40.8 Å². The first-order chi connectivity index (χ1) is 19.1. The smallest absolute Gasteiger partial charge is 0.459 e. The molecule has 3 N–H and O–H groups in total. The third-order valence-corrected chi connectivity index (χ3v) is 7.73. The van der Waals surface area contributed by atoms with Crippen LogP contribution in [0.2, 0.25) is 5.02 Å². The lowest BCUT2D eigenvalue weighted by atomic mass is 10.2. The molecule has 2 aromatic carbocycles. The first kappa shape index (κ1) is 29.8. The van der Waals surface area contributed by atoms with Gasteiger partial charge in [-0.05, 0) is 58.0 Å². The number of halogens is 1. The van der Waals surface area contributed by atoms with Gasteiger partial charge in [-0.15, -0.1) is 0 Å². The van der Waals surface area contributed by atoms with Gasteiger partial charge in [-0.2, -0.15) is 5.09 Å². The molecule has 0 spiro atoms. The standard InChI is InChI=1S/C27H33ClN5O6P/c1-5-36-16-23-31-24-25(21-8-6-7-9-22(21)30-26(24)29)33(23)14-15-37-40(35,32-18(4)27(34)38-17(2)3)39-20-12-10-19(28)11-13-20/h6-13,17-18H,5,14-16H2,1-4H3,(H2,29,30)(H,32,35)/t18-,40+/m0/s1. The van der Waals surface area contributed by atoms with Crippen molar-refractivity contribution in [2.24, 2.45) is 0 Å². The molecule has 4 rings (SSSR count). The zero-order chi connectivity index (χ0) is 28.9. The molecular weight excluding hydrogens is 557 g/mol. The van der Waals surface area contributed by atoms with Crippen LogP contribution in [-0.2, 0) is 36.5 Å². The molecule has 2 atom stereocenters. The number of esters is 1. The highest BCUT2D eigenvalue weighted by molar-refractivity contribution is 7.52. The Bertz CT molecular complexity index is 1530. The van der Waals surface area contributed by atoms with Gasteiger partial charge in [0.25, 0.3) is 0 Å². The summed E-state index contributed by atoms with van der Waals surface area (Å²) in [5.74, 6) is 0.565. The van der Waals surface area contributed by atoms with E-state index in [2.05, 4.69) is 10.1 Å². The first-order valence-corrected chi connectivity index (χ1v) is 14.8. The fraction of sp³-hybridized carbons (Fsp3) is 0.370. The van der Waals surface area contributed by atoms with Gasteiger partial charge >= 0.3 is 13.7 Å². The van der Waals surface area contributed by atoms with Crippen LogP contribution in [0.4, 0.5) is 5.82 Å². The summed E-state index contributed by atoms with van der Waals surface area (Å²) >= 11 is 5.98. The van der Waals surface area contributed by atoms with E-state index in [1.165, 1.54) is 6.92 Å². The summed E-state index contributed by atoms with van der Waals surface area (Å²) in [4.78, 5) is 21.6. The van der Waals surface area contributed by atoms with Crippen molar-refractivity contribution in [3.8, 4) is 5.75 Å². The summed E-state index contributed by atoms with van der Waals surface area (Å²) in [6, 6.07) is 12.9. The van der Waals surface area contributed by atoms with Crippen LogP contribution in [-0.4, -0.2) is 45.9 Å². The number of hydrogen-bond donors (Lipinski definition) is 2. The second-order valence-corrected chi connectivity index (χ2v) is 11.4. The average molecular weight is 590 g/mol. The number of ether oxygens (including phenoxy) is 2. The predicted molar refractivity (Wildman–Crippen MR) is 154 cm³/mol. The summed E-state index contributed by atoms with van der Waals surface area (Å²) < 4.78 is 38.3. The zero-order valence-electron chi connectivity index (χ0n) is 22.8. The van der Waals surface area contributed by atoms with Crippen LogP contribution in [0.15, 0.2) is 48.5 Å². The molecule has 0 aliphatic rings. The van der Waals surface area contributed by atoms with E-state index in [1.807, 2.05) is 35.8 Å². The van der Waals surface area contributed by atoms with Crippen molar-refractivity contribution in [3.63, 3.8) is 0 Å². The Morgan fingerprint density at radius 2 is 1.85 bits per heavy atom. The van der Waals surface area contributed by atoms with E-state index in [1.54, 1.807) is 38.1 Å². The molecule has 0 fully saturated rings. The molecule has 40 heavy (non-hydrogen) atoms. The molecule has 2 aromatic heterocycles. The number of imidazole rings is 1.